The molecule has 0 aliphatic carbocycles. The summed E-state index contributed by atoms with van der Waals surface area (Å²) < 4.78 is 0. The van der Waals surface area contributed by atoms with Gasteiger partial charge in [-0.15, -0.1) is 0 Å². The lowest BCUT2D eigenvalue weighted by Crippen LogP contribution is -2.55. The summed E-state index contributed by atoms with van der Waals surface area (Å²) in [7, 11) is 0. The molecule has 14 heteroatoms. The summed E-state index contributed by atoms with van der Waals surface area (Å²) in [5.41, 5.74) is -0.798. The second-order valence-corrected chi connectivity index (χ2v) is 7.99. The third-order valence-corrected chi connectivity index (χ3v) is 5.82. The molecule has 0 radical (unpaired) electrons. The number of nitrogens with one attached hydrogen (secondary N) is 2. The zero-order valence-corrected chi connectivity index (χ0v) is 18.7. The molecule has 14 nitrogen and oxygen atoms in total. The molecule has 0 aliphatic rings. The van der Waals surface area contributed by atoms with Crippen LogP contribution in [0.1, 0.15) is 26.7 Å². The Kier molecular flexibility index (Phi) is 14.1. The molecule has 0 saturated carbocycles. The molecule has 196 valence electrons. The minimum Gasteiger partial charge on any atom is -0.394 e. The Morgan fingerprint density at radius 2 is 0.939 bits per heavy atom. The van der Waals surface area contributed by atoms with Crippen molar-refractivity contribution in [3.63, 3.8) is 0 Å². The number of aliphatic hydroxyl groups excluding tert-OH is 10. The Morgan fingerprint density at radius 1 is 0.636 bits per heavy atom. The van der Waals surface area contributed by atoms with Gasteiger partial charge < -0.3 is 61.7 Å². The van der Waals surface area contributed by atoms with Crippen molar-refractivity contribution in [2.24, 2.45) is 5.41 Å². The maximum Gasteiger partial charge on any atom is 0.251 e. The predicted octanol–water partition coefficient (Wildman–Crippen LogP) is -6.10. The van der Waals surface area contributed by atoms with Crippen LogP contribution in [0.15, 0.2) is 0 Å². The van der Waals surface area contributed by atoms with Gasteiger partial charge in [0.1, 0.15) is 36.6 Å². The third kappa shape index (κ3) is 9.01. The highest BCUT2D eigenvalue weighted by Crippen LogP contribution is 2.25. The van der Waals surface area contributed by atoms with E-state index in [2.05, 4.69) is 10.6 Å². The van der Waals surface area contributed by atoms with Crippen LogP contribution in [0.2, 0.25) is 0 Å². The van der Waals surface area contributed by atoms with Gasteiger partial charge in [-0.1, -0.05) is 13.8 Å². The van der Waals surface area contributed by atoms with E-state index in [0.717, 1.165) is 0 Å². The Balaban J connectivity index is 5.02. The van der Waals surface area contributed by atoms with Crippen LogP contribution in [0.5, 0.6) is 0 Å². The largest absolute Gasteiger partial charge is 0.394 e. The first-order chi connectivity index (χ1) is 15.3. The lowest BCUT2D eigenvalue weighted by atomic mass is 9.82. The first-order valence-electron chi connectivity index (χ1n) is 10.5. The molecule has 33 heavy (non-hydrogen) atoms. The molecule has 0 bridgehead atoms. The average Bonchev–Trinajstić information content (AvgIpc) is 2.84. The monoisotopic (exact) mass is 486 g/mol. The summed E-state index contributed by atoms with van der Waals surface area (Å²) in [6.07, 6.45) is -15.2. The summed E-state index contributed by atoms with van der Waals surface area (Å²) in [4.78, 5) is 24.3. The van der Waals surface area contributed by atoms with Crippen molar-refractivity contribution in [3.05, 3.63) is 0 Å². The Hall–Kier alpha value is -1.46. The average molecular weight is 487 g/mol. The Bertz CT molecular complexity index is 545. The molecule has 0 spiro atoms. The number of hydrogen-bond donors (Lipinski definition) is 12. The van der Waals surface area contributed by atoms with Crippen LogP contribution >= 0.6 is 0 Å². The van der Waals surface area contributed by atoms with E-state index in [1.165, 1.54) is 0 Å². The van der Waals surface area contributed by atoms with Gasteiger partial charge in [-0.05, 0) is 12.8 Å². The van der Waals surface area contributed by atoms with Crippen LogP contribution in [-0.4, -0.2) is 138 Å². The number of carbonyl (C=O) groups excluding carboxylic acids is 2. The smallest absolute Gasteiger partial charge is 0.251 e. The van der Waals surface area contributed by atoms with Crippen molar-refractivity contribution in [1.82, 2.24) is 10.6 Å². The van der Waals surface area contributed by atoms with E-state index in [-0.39, 0.29) is 13.1 Å². The predicted molar refractivity (Wildman–Crippen MR) is 111 cm³/mol. The maximum absolute atomic E-state index is 12.2. The van der Waals surface area contributed by atoms with Gasteiger partial charge >= 0.3 is 0 Å². The first-order valence-corrected chi connectivity index (χ1v) is 10.5. The van der Waals surface area contributed by atoms with Crippen LogP contribution < -0.4 is 10.6 Å². The van der Waals surface area contributed by atoms with Crippen molar-refractivity contribution < 1.29 is 60.7 Å². The fraction of sp³-hybridized carbons (Fsp3) is 0.895. The minimum absolute atomic E-state index is 0.119. The van der Waals surface area contributed by atoms with Gasteiger partial charge in [-0.3, -0.25) is 9.59 Å². The van der Waals surface area contributed by atoms with Crippen LogP contribution in [0, 0.1) is 5.41 Å². The summed E-state index contributed by atoms with van der Waals surface area (Å²) in [5, 5.41) is 99.6. The molecule has 12 N–H and O–H groups in total. The van der Waals surface area contributed by atoms with Crippen molar-refractivity contribution in [1.29, 1.82) is 0 Å². The van der Waals surface area contributed by atoms with Crippen molar-refractivity contribution in [2.75, 3.05) is 26.3 Å². The minimum atomic E-state index is -2.13. The molecule has 0 fully saturated rings. The maximum atomic E-state index is 12.2. The van der Waals surface area contributed by atoms with Gasteiger partial charge in [0.25, 0.3) is 11.8 Å². The Morgan fingerprint density at radius 3 is 1.18 bits per heavy atom. The fourth-order valence-corrected chi connectivity index (χ4v) is 2.93. The second kappa shape index (κ2) is 14.7. The van der Waals surface area contributed by atoms with E-state index >= 15 is 0 Å². The Labute approximate surface area is 191 Å². The van der Waals surface area contributed by atoms with Crippen molar-refractivity contribution in [2.45, 2.75) is 75.5 Å². The van der Waals surface area contributed by atoms with E-state index in [4.69, 9.17) is 10.2 Å². The molecule has 2 amide bonds. The van der Waals surface area contributed by atoms with Crippen LogP contribution in [0.25, 0.3) is 0 Å². The van der Waals surface area contributed by atoms with Crippen molar-refractivity contribution >= 4 is 11.8 Å². The number of amides is 2. The van der Waals surface area contributed by atoms with Gasteiger partial charge in [0.15, 0.2) is 12.2 Å². The molecule has 0 aromatic rings. The first kappa shape index (κ1) is 31.5. The highest BCUT2D eigenvalue weighted by molar-refractivity contribution is 5.82. The van der Waals surface area contributed by atoms with Gasteiger partial charge in [-0.25, -0.2) is 0 Å². The summed E-state index contributed by atoms with van der Waals surface area (Å²) in [6.45, 7) is 1.43. The van der Waals surface area contributed by atoms with Gasteiger partial charge in [-0.2, -0.15) is 0 Å². The van der Waals surface area contributed by atoms with E-state index < -0.39 is 79.3 Å². The number of carbonyl (C=O) groups is 2. The summed E-state index contributed by atoms with van der Waals surface area (Å²) in [5.74, 6) is -2.17. The van der Waals surface area contributed by atoms with E-state index in [1.54, 1.807) is 13.8 Å². The molecule has 0 aromatic carbocycles. The highest BCUT2D eigenvalue weighted by atomic mass is 16.4. The van der Waals surface area contributed by atoms with Gasteiger partial charge in [0.2, 0.25) is 0 Å². The number of hydrogen-bond acceptors (Lipinski definition) is 12. The molecule has 0 aliphatic heterocycles. The normalized spacial score (nSPS) is 19.5. The molecule has 0 aromatic heterocycles. The third-order valence-electron chi connectivity index (χ3n) is 5.82. The second-order valence-electron chi connectivity index (χ2n) is 7.99. The van der Waals surface area contributed by atoms with E-state index in [0.29, 0.717) is 12.8 Å². The van der Waals surface area contributed by atoms with Gasteiger partial charge in [0, 0.05) is 18.5 Å². The molecule has 8 unspecified atom stereocenters. The molecule has 0 heterocycles. The summed E-state index contributed by atoms with van der Waals surface area (Å²) in [6, 6.07) is 0. The van der Waals surface area contributed by atoms with Crippen LogP contribution in [0.4, 0.5) is 0 Å². The quantitative estimate of drug-likeness (QED) is 0.0972. The van der Waals surface area contributed by atoms with Crippen LogP contribution in [-0.2, 0) is 9.59 Å². The number of rotatable bonds is 16. The molecular weight excluding hydrogens is 448 g/mol. The highest BCUT2D eigenvalue weighted by Gasteiger charge is 2.37. The number of aliphatic hydroxyl groups is 10. The SMILES string of the molecule is CCC(CC)(CNC(=O)C(O)C(O)C(O)C(O)CO)CNC(=O)C(O)C(O)C(O)C(O)CO. The molecule has 0 rings (SSSR count). The van der Waals surface area contributed by atoms with Gasteiger partial charge in [0.05, 0.1) is 13.2 Å². The molecule has 0 saturated heterocycles. The summed E-state index contributed by atoms with van der Waals surface area (Å²) >= 11 is 0. The standard InChI is InChI=1S/C19H38N2O12/c1-3-19(4-2,7-20-17(32)15(30)13(28)11(26)9(24)5-22)8-21-18(33)16(31)14(29)12(27)10(25)6-23/h9-16,22-31H,3-8H2,1-2H3,(H,20,32)(H,21,33). The zero-order valence-electron chi connectivity index (χ0n) is 18.7. The lowest BCUT2D eigenvalue weighted by Gasteiger charge is -2.34. The van der Waals surface area contributed by atoms with E-state index in [9.17, 15) is 50.4 Å². The van der Waals surface area contributed by atoms with Crippen LogP contribution in [0.3, 0.4) is 0 Å². The molecule has 8 atom stereocenters. The van der Waals surface area contributed by atoms with E-state index in [1.807, 2.05) is 0 Å². The molecular formula is C19H38N2O12. The lowest BCUT2D eigenvalue weighted by molar-refractivity contribution is -0.149. The topological polar surface area (TPSA) is 260 Å². The van der Waals surface area contributed by atoms with Crippen molar-refractivity contribution in [3.8, 4) is 0 Å². The fourth-order valence-electron chi connectivity index (χ4n) is 2.93. The zero-order chi connectivity index (χ0) is 25.9.